The number of anilines is 2. The maximum atomic E-state index is 14.0. The second kappa shape index (κ2) is 7.20. The molecule has 0 aliphatic rings. The molecular weight excluding hydrogens is 373 g/mol. The predicted octanol–water partition coefficient (Wildman–Crippen LogP) is 4.92. The molecule has 0 bridgehead atoms. The molecule has 0 aliphatic carbocycles. The molecule has 0 aliphatic heterocycles. The molecule has 25 heavy (non-hydrogen) atoms. The fourth-order valence-corrected chi connectivity index (χ4v) is 2.86. The van der Waals surface area contributed by atoms with Crippen LogP contribution in [-0.4, -0.2) is 9.97 Å². The summed E-state index contributed by atoms with van der Waals surface area (Å²) in [5.41, 5.74) is 4.96. The quantitative estimate of drug-likeness (QED) is 0.627. The van der Waals surface area contributed by atoms with E-state index in [1.54, 1.807) is 18.2 Å². The van der Waals surface area contributed by atoms with Crippen LogP contribution in [0.3, 0.4) is 0 Å². The van der Waals surface area contributed by atoms with Gasteiger partial charge in [-0.25, -0.2) is 23.1 Å². The fraction of sp³-hybridized carbons (Fsp3) is 0. The highest BCUT2D eigenvalue weighted by atomic mass is 35.5. The third-order valence-electron chi connectivity index (χ3n) is 3.09. The molecule has 0 fully saturated rings. The van der Waals surface area contributed by atoms with Gasteiger partial charge in [0.1, 0.15) is 34.1 Å². The summed E-state index contributed by atoms with van der Waals surface area (Å²) in [4.78, 5) is 8.19. The van der Waals surface area contributed by atoms with E-state index < -0.39 is 23.0 Å². The Labute approximate surface area is 150 Å². The van der Waals surface area contributed by atoms with Gasteiger partial charge >= 0.3 is 0 Å². The van der Waals surface area contributed by atoms with E-state index in [1.807, 2.05) is 0 Å². The lowest BCUT2D eigenvalue weighted by atomic mass is 10.1. The fourth-order valence-electron chi connectivity index (χ4n) is 2.03. The molecule has 2 heterocycles. The summed E-state index contributed by atoms with van der Waals surface area (Å²) in [5, 5.41) is 0.611. The first-order valence-corrected chi connectivity index (χ1v) is 8.10. The Hall–Kier alpha value is -2.45. The minimum atomic E-state index is -1.09. The van der Waals surface area contributed by atoms with Crippen molar-refractivity contribution in [3.05, 3.63) is 64.9 Å². The van der Waals surface area contributed by atoms with Crippen molar-refractivity contribution in [2.45, 2.75) is 5.03 Å². The summed E-state index contributed by atoms with van der Waals surface area (Å²) in [6, 6.07) is 9.21. The number of hydrogen-bond donors (Lipinski definition) is 2. The topological polar surface area (TPSA) is 63.8 Å². The van der Waals surface area contributed by atoms with Gasteiger partial charge in [-0.2, -0.15) is 0 Å². The van der Waals surface area contributed by atoms with Crippen LogP contribution >= 0.6 is 23.5 Å². The molecule has 4 nitrogen and oxygen atoms in total. The lowest BCUT2D eigenvalue weighted by Crippen LogP contribution is -1.99. The number of rotatable bonds is 4. The van der Waals surface area contributed by atoms with E-state index in [-0.39, 0.29) is 16.5 Å². The zero-order chi connectivity index (χ0) is 18.0. The Morgan fingerprint density at radius 1 is 1.00 bits per heavy atom. The normalized spacial score (nSPS) is 10.7. The molecule has 0 spiro atoms. The predicted molar refractivity (Wildman–Crippen MR) is 92.7 cm³/mol. The van der Waals surface area contributed by atoms with E-state index in [4.69, 9.17) is 17.3 Å². The van der Waals surface area contributed by atoms with Crippen molar-refractivity contribution in [1.82, 2.24) is 9.97 Å². The number of hydrogen-bond acceptors (Lipinski definition) is 5. The summed E-state index contributed by atoms with van der Waals surface area (Å²) in [6.07, 6.45) is 0. The van der Waals surface area contributed by atoms with Gasteiger partial charge in [-0.1, -0.05) is 17.7 Å². The van der Waals surface area contributed by atoms with Crippen molar-refractivity contribution in [2.24, 2.45) is 0 Å². The Morgan fingerprint density at radius 2 is 1.72 bits per heavy atom. The second-order valence-electron chi connectivity index (χ2n) is 4.88. The van der Waals surface area contributed by atoms with Gasteiger partial charge in [0.2, 0.25) is 0 Å². The Morgan fingerprint density at radius 3 is 2.40 bits per heavy atom. The van der Waals surface area contributed by atoms with E-state index in [9.17, 15) is 13.2 Å². The molecular formula is C16H10ClF3N4S. The first kappa shape index (κ1) is 17.4. The Bertz CT molecular complexity index is 916. The standard InChI is InChI=1S/C16H10ClF3N4S/c17-9-4-5-13(24-25-14-3-1-2-12(21)22-14)23-16(9)15-10(19)6-8(18)7-11(15)20/h1-7H,(H2,21,22)(H,23,24). The van der Waals surface area contributed by atoms with Gasteiger partial charge in [-0.15, -0.1) is 0 Å². The van der Waals surface area contributed by atoms with Crippen LogP contribution in [0.15, 0.2) is 47.5 Å². The monoisotopic (exact) mass is 382 g/mol. The van der Waals surface area contributed by atoms with Crippen molar-refractivity contribution in [2.75, 3.05) is 10.5 Å². The zero-order valence-corrected chi connectivity index (χ0v) is 14.0. The van der Waals surface area contributed by atoms with Gasteiger partial charge in [0.05, 0.1) is 16.3 Å². The molecule has 9 heteroatoms. The average molecular weight is 383 g/mol. The molecule has 0 saturated heterocycles. The molecule has 0 amide bonds. The van der Waals surface area contributed by atoms with Crippen molar-refractivity contribution < 1.29 is 13.2 Å². The summed E-state index contributed by atoms with van der Waals surface area (Å²) in [5.74, 6) is -2.56. The number of nitrogens with zero attached hydrogens (tertiary/aromatic N) is 2. The highest BCUT2D eigenvalue weighted by Gasteiger charge is 2.18. The molecule has 0 unspecified atom stereocenters. The van der Waals surface area contributed by atoms with Crippen LogP contribution in [0.25, 0.3) is 11.3 Å². The van der Waals surface area contributed by atoms with Crippen molar-refractivity contribution in [3.8, 4) is 11.3 Å². The van der Waals surface area contributed by atoms with Crippen LogP contribution < -0.4 is 10.5 Å². The van der Waals surface area contributed by atoms with E-state index in [0.717, 1.165) is 11.9 Å². The average Bonchev–Trinajstić information content (AvgIpc) is 2.54. The zero-order valence-electron chi connectivity index (χ0n) is 12.4. The molecule has 1 aromatic carbocycles. The first-order valence-electron chi connectivity index (χ1n) is 6.91. The number of aromatic nitrogens is 2. The number of benzene rings is 1. The third kappa shape index (κ3) is 3.97. The van der Waals surface area contributed by atoms with Gasteiger partial charge < -0.3 is 10.5 Å². The first-order chi connectivity index (χ1) is 11.9. The van der Waals surface area contributed by atoms with Crippen molar-refractivity contribution >= 4 is 35.2 Å². The highest BCUT2D eigenvalue weighted by Crippen LogP contribution is 2.33. The SMILES string of the molecule is Nc1cccc(SNc2ccc(Cl)c(-c3c(F)cc(F)cc3F)n2)n1. The van der Waals surface area contributed by atoms with Gasteiger partial charge in [0.15, 0.2) is 0 Å². The maximum Gasteiger partial charge on any atom is 0.138 e. The summed E-state index contributed by atoms with van der Waals surface area (Å²) in [6.45, 7) is 0. The van der Waals surface area contributed by atoms with Gasteiger partial charge in [0, 0.05) is 24.1 Å². The number of nitrogens with two attached hydrogens (primary N) is 1. The van der Waals surface area contributed by atoms with Crippen LogP contribution in [0.2, 0.25) is 5.02 Å². The van der Waals surface area contributed by atoms with Crippen molar-refractivity contribution in [3.63, 3.8) is 0 Å². The largest absolute Gasteiger partial charge is 0.384 e. The van der Waals surface area contributed by atoms with Crippen LogP contribution in [0.1, 0.15) is 0 Å². The molecule has 3 aromatic rings. The third-order valence-corrected chi connectivity index (χ3v) is 4.15. The minimum Gasteiger partial charge on any atom is -0.384 e. The van der Waals surface area contributed by atoms with Crippen LogP contribution in [-0.2, 0) is 0 Å². The van der Waals surface area contributed by atoms with Crippen molar-refractivity contribution in [1.29, 1.82) is 0 Å². The van der Waals surface area contributed by atoms with Gasteiger partial charge in [0.25, 0.3) is 0 Å². The molecule has 2 aromatic heterocycles. The number of nitrogen functional groups attached to an aromatic ring is 1. The molecule has 0 saturated carbocycles. The molecule has 3 rings (SSSR count). The summed E-state index contributed by atoms with van der Waals surface area (Å²) < 4.78 is 43.9. The van der Waals surface area contributed by atoms with Crippen LogP contribution in [0, 0.1) is 17.5 Å². The summed E-state index contributed by atoms with van der Waals surface area (Å²) >= 11 is 7.11. The van der Waals surface area contributed by atoms with E-state index in [1.165, 1.54) is 12.1 Å². The Balaban J connectivity index is 1.91. The molecule has 3 N–H and O–H groups in total. The van der Waals surface area contributed by atoms with Gasteiger partial charge in [-0.05, 0) is 24.3 Å². The number of halogens is 4. The number of pyridine rings is 2. The van der Waals surface area contributed by atoms with E-state index in [2.05, 4.69) is 14.7 Å². The summed E-state index contributed by atoms with van der Waals surface area (Å²) in [7, 11) is 0. The molecule has 128 valence electrons. The van der Waals surface area contributed by atoms with Gasteiger partial charge in [-0.3, -0.25) is 0 Å². The van der Waals surface area contributed by atoms with E-state index in [0.29, 0.717) is 23.0 Å². The van der Waals surface area contributed by atoms with Crippen LogP contribution in [0.4, 0.5) is 24.8 Å². The molecule has 0 atom stereocenters. The lowest BCUT2D eigenvalue weighted by molar-refractivity contribution is 0.547. The van der Waals surface area contributed by atoms with E-state index >= 15 is 0 Å². The van der Waals surface area contributed by atoms with Crippen LogP contribution in [0.5, 0.6) is 0 Å². The maximum absolute atomic E-state index is 14.0. The number of nitrogens with one attached hydrogen (secondary N) is 1. The smallest absolute Gasteiger partial charge is 0.138 e. The Kier molecular flexibility index (Phi) is 5.00. The minimum absolute atomic E-state index is 0.0297. The second-order valence-corrected chi connectivity index (χ2v) is 6.11. The molecule has 0 radical (unpaired) electrons. The highest BCUT2D eigenvalue weighted by molar-refractivity contribution is 8.00. The lowest BCUT2D eigenvalue weighted by Gasteiger charge is -2.10.